The number of ether oxygens (including phenoxy) is 3. The molecule has 1 aromatic carbocycles. The molecule has 2 aliphatic heterocycles. The molecule has 176 valence electrons. The molecular weight excluding hydrogens is 426 g/mol. The third-order valence-electron chi connectivity index (χ3n) is 5.35. The van der Waals surface area contributed by atoms with Crippen LogP contribution in [0.4, 0.5) is 5.95 Å². The lowest BCUT2D eigenvalue weighted by Gasteiger charge is -2.27. The van der Waals surface area contributed by atoms with Gasteiger partial charge in [-0.3, -0.25) is 14.7 Å². The van der Waals surface area contributed by atoms with Gasteiger partial charge in [0.15, 0.2) is 5.82 Å². The number of hydrogen-bond donors (Lipinski definition) is 1. The largest absolute Gasteiger partial charge is 0.462 e. The van der Waals surface area contributed by atoms with E-state index in [1.807, 2.05) is 11.0 Å². The van der Waals surface area contributed by atoms with Gasteiger partial charge < -0.3 is 24.8 Å². The normalized spacial score (nSPS) is 17.4. The number of hydrogen-bond acceptors (Lipinski definition) is 10. The van der Waals surface area contributed by atoms with E-state index in [4.69, 9.17) is 19.9 Å². The number of rotatable bonds is 9. The van der Waals surface area contributed by atoms with Crippen molar-refractivity contribution in [3.63, 3.8) is 0 Å². The first-order valence-electron chi connectivity index (χ1n) is 11.1. The molecule has 0 unspecified atom stereocenters. The predicted octanol–water partition coefficient (Wildman–Crippen LogP) is 0.137. The van der Waals surface area contributed by atoms with Crippen LogP contribution in [0.5, 0.6) is 6.01 Å². The highest BCUT2D eigenvalue weighted by Crippen LogP contribution is 2.14. The highest BCUT2D eigenvalue weighted by Gasteiger charge is 2.17. The van der Waals surface area contributed by atoms with E-state index in [0.717, 1.165) is 38.4 Å². The molecule has 0 aliphatic carbocycles. The first-order chi connectivity index (χ1) is 16.2. The van der Waals surface area contributed by atoms with Crippen molar-refractivity contribution in [3.05, 3.63) is 41.2 Å². The van der Waals surface area contributed by atoms with Crippen molar-refractivity contribution in [1.82, 2.24) is 19.9 Å². The summed E-state index contributed by atoms with van der Waals surface area (Å²) in [7, 11) is 0. The van der Waals surface area contributed by atoms with Crippen molar-refractivity contribution >= 4 is 18.1 Å². The lowest BCUT2D eigenvalue weighted by atomic mass is 10.1. The molecule has 4 rings (SSSR count). The summed E-state index contributed by atoms with van der Waals surface area (Å²) in [6.07, 6.45) is 1.59. The van der Waals surface area contributed by atoms with Gasteiger partial charge in [0.05, 0.1) is 39.2 Å². The number of anilines is 1. The SMILES string of the molecule is NC(=O)c1cccc(CN=Cc2nc(OCCN3CCOCC3)nc(N3CCOCC3)n2)c1. The topological polar surface area (TPSA) is 128 Å². The van der Waals surface area contributed by atoms with E-state index in [9.17, 15) is 4.79 Å². The Labute approximate surface area is 192 Å². The Morgan fingerprint density at radius 1 is 1.09 bits per heavy atom. The fourth-order valence-corrected chi connectivity index (χ4v) is 3.53. The molecule has 0 bridgehead atoms. The average Bonchev–Trinajstić information content (AvgIpc) is 2.85. The summed E-state index contributed by atoms with van der Waals surface area (Å²) in [6, 6.07) is 7.35. The first kappa shape index (κ1) is 23.0. The van der Waals surface area contributed by atoms with Gasteiger partial charge in [-0.2, -0.15) is 15.0 Å². The zero-order chi connectivity index (χ0) is 22.9. The second kappa shape index (κ2) is 11.6. The highest BCUT2D eigenvalue weighted by atomic mass is 16.5. The molecule has 0 saturated carbocycles. The minimum Gasteiger partial charge on any atom is -0.462 e. The number of nitrogens with two attached hydrogens (primary N) is 1. The quantitative estimate of drug-likeness (QED) is 0.525. The summed E-state index contributed by atoms with van der Waals surface area (Å²) >= 11 is 0. The van der Waals surface area contributed by atoms with Crippen LogP contribution in [-0.2, 0) is 16.0 Å². The molecule has 2 saturated heterocycles. The van der Waals surface area contributed by atoms with Crippen molar-refractivity contribution in [3.8, 4) is 6.01 Å². The van der Waals surface area contributed by atoms with Crippen LogP contribution in [0.15, 0.2) is 29.3 Å². The smallest absolute Gasteiger partial charge is 0.321 e. The summed E-state index contributed by atoms with van der Waals surface area (Å²) in [6.45, 7) is 7.56. The van der Waals surface area contributed by atoms with Gasteiger partial charge in [0.1, 0.15) is 6.61 Å². The van der Waals surface area contributed by atoms with Crippen molar-refractivity contribution in [2.24, 2.45) is 10.7 Å². The lowest BCUT2D eigenvalue weighted by Crippen LogP contribution is -2.39. The minimum atomic E-state index is -0.465. The van der Waals surface area contributed by atoms with Gasteiger partial charge in [0.25, 0.3) is 0 Å². The van der Waals surface area contributed by atoms with Gasteiger partial charge in [-0.1, -0.05) is 12.1 Å². The molecule has 1 aromatic heterocycles. The van der Waals surface area contributed by atoms with E-state index >= 15 is 0 Å². The molecule has 3 heterocycles. The van der Waals surface area contributed by atoms with Crippen LogP contribution in [0.1, 0.15) is 21.7 Å². The summed E-state index contributed by atoms with van der Waals surface area (Å²) in [5.41, 5.74) is 6.67. The van der Waals surface area contributed by atoms with Crippen LogP contribution in [0.2, 0.25) is 0 Å². The average molecular weight is 456 g/mol. The fourth-order valence-electron chi connectivity index (χ4n) is 3.53. The zero-order valence-electron chi connectivity index (χ0n) is 18.6. The molecule has 1 amide bonds. The maximum absolute atomic E-state index is 11.4. The number of nitrogens with zero attached hydrogens (tertiary/aromatic N) is 6. The van der Waals surface area contributed by atoms with E-state index in [1.54, 1.807) is 24.4 Å². The third-order valence-corrected chi connectivity index (χ3v) is 5.35. The van der Waals surface area contributed by atoms with Crippen molar-refractivity contribution in [2.45, 2.75) is 6.54 Å². The lowest BCUT2D eigenvalue weighted by molar-refractivity contribution is 0.0317. The number of carbonyl (C=O) groups is 1. The van der Waals surface area contributed by atoms with Gasteiger partial charge in [-0.25, -0.2) is 0 Å². The van der Waals surface area contributed by atoms with Crippen molar-refractivity contribution in [2.75, 3.05) is 70.7 Å². The van der Waals surface area contributed by atoms with Crippen molar-refractivity contribution < 1.29 is 19.0 Å². The summed E-state index contributed by atoms with van der Waals surface area (Å²) < 4.78 is 16.7. The second-order valence-corrected chi connectivity index (χ2v) is 7.71. The van der Waals surface area contributed by atoms with Crippen LogP contribution in [0, 0.1) is 0 Å². The van der Waals surface area contributed by atoms with E-state index in [-0.39, 0.29) is 6.01 Å². The maximum atomic E-state index is 11.4. The van der Waals surface area contributed by atoms with E-state index in [0.29, 0.717) is 56.8 Å². The molecule has 2 fully saturated rings. The van der Waals surface area contributed by atoms with Crippen LogP contribution in [0.3, 0.4) is 0 Å². The first-order valence-corrected chi connectivity index (χ1v) is 11.1. The summed E-state index contributed by atoms with van der Waals surface area (Å²) in [5.74, 6) is 0.498. The van der Waals surface area contributed by atoms with Crippen LogP contribution in [-0.4, -0.2) is 97.7 Å². The number of amides is 1. The molecule has 0 atom stereocenters. The Hall–Kier alpha value is -3.15. The molecular formula is C22H29N7O4. The molecule has 0 radical (unpaired) electrons. The monoisotopic (exact) mass is 455 g/mol. The molecule has 0 spiro atoms. The molecule has 2 aliphatic rings. The maximum Gasteiger partial charge on any atom is 0.321 e. The van der Waals surface area contributed by atoms with Crippen LogP contribution in [0.25, 0.3) is 0 Å². The Bertz CT molecular complexity index is 960. The molecule has 2 aromatic rings. The Balaban J connectivity index is 1.44. The van der Waals surface area contributed by atoms with Gasteiger partial charge in [0.2, 0.25) is 11.9 Å². The van der Waals surface area contributed by atoms with E-state index in [2.05, 4.69) is 24.8 Å². The Morgan fingerprint density at radius 2 is 1.85 bits per heavy atom. The summed E-state index contributed by atoms with van der Waals surface area (Å²) in [4.78, 5) is 33.6. The zero-order valence-corrected chi connectivity index (χ0v) is 18.6. The predicted molar refractivity (Wildman–Crippen MR) is 122 cm³/mol. The van der Waals surface area contributed by atoms with Gasteiger partial charge >= 0.3 is 6.01 Å². The highest BCUT2D eigenvalue weighted by molar-refractivity contribution is 5.92. The fraction of sp³-hybridized carbons (Fsp3) is 0.500. The molecule has 2 N–H and O–H groups in total. The van der Waals surface area contributed by atoms with Gasteiger partial charge in [-0.15, -0.1) is 0 Å². The van der Waals surface area contributed by atoms with E-state index < -0.39 is 5.91 Å². The number of aliphatic imine (C=N–C) groups is 1. The Kier molecular flexibility index (Phi) is 8.12. The van der Waals surface area contributed by atoms with Crippen LogP contribution >= 0.6 is 0 Å². The number of benzene rings is 1. The van der Waals surface area contributed by atoms with Crippen LogP contribution < -0.4 is 15.4 Å². The number of aromatic nitrogens is 3. The standard InChI is InChI=1S/C22H29N7O4/c23-20(30)18-3-1-2-17(14-18)15-24-16-19-25-21(29-7-11-32-12-8-29)27-22(26-19)33-13-6-28-4-9-31-10-5-28/h1-3,14,16H,4-13,15H2,(H2,23,30). The van der Waals surface area contributed by atoms with Gasteiger partial charge in [-0.05, 0) is 17.7 Å². The van der Waals surface area contributed by atoms with Crippen molar-refractivity contribution in [1.29, 1.82) is 0 Å². The second-order valence-electron chi connectivity index (χ2n) is 7.71. The molecule has 11 heteroatoms. The summed E-state index contributed by atoms with van der Waals surface area (Å²) in [5, 5.41) is 0. The van der Waals surface area contributed by atoms with E-state index in [1.165, 1.54) is 0 Å². The number of primary amides is 1. The minimum absolute atomic E-state index is 0.275. The molecule has 33 heavy (non-hydrogen) atoms. The third kappa shape index (κ3) is 6.91. The number of carbonyl (C=O) groups excluding carboxylic acids is 1. The Morgan fingerprint density at radius 3 is 2.61 bits per heavy atom. The van der Waals surface area contributed by atoms with Gasteiger partial charge in [0, 0.05) is 38.3 Å². The number of morpholine rings is 2. The molecule has 11 nitrogen and oxygen atoms in total.